The number of nitrogens with zero attached hydrogens (tertiary/aromatic N) is 2. The normalized spacial score (nSPS) is 18.5. The third-order valence-corrected chi connectivity index (χ3v) is 4.72. The molecule has 5 nitrogen and oxygen atoms in total. The Morgan fingerprint density at radius 3 is 3.00 bits per heavy atom. The molecule has 0 saturated carbocycles. The zero-order chi connectivity index (χ0) is 15.2. The van der Waals surface area contributed by atoms with Gasteiger partial charge in [0.25, 0.3) is 0 Å². The number of aliphatic carboxylic acids is 1. The standard InChI is InChI=1S/C15H22N2O3S/c1-16(11-13-5-3-9-21-13)15(20)17-8-2-4-12(10-17)6-7-14(18)19/h3,5,9,12H,2,4,6-8,10-11H2,1H3,(H,18,19). The number of urea groups is 1. The van der Waals surface area contributed by atoms with E-state index in [9.17, 15) is 9.59 Å². The fourth-order valence-electron chi connectivity index (χ4n) is 2.75. The summed E-state index contributed by atoms with van der Waals surface area (Å²) in [6.45, 7) is 2.09. The lowest BCUT2D eigenvalue weighted by atomic mass is 9.93. The third kappa shape index (κ3) is 4.74. The number of hydrogen-bond acceptors (Lipinski definition) is 3. The van der Waals surface area contributed by atoms with Gasteiger partial charge in [0.15, 0.2) is 0 Å². The number of carboxylic acids is 1. The van der Waals surface area contributed by atoms with Crippen LogP contribution in [-0.4, -0.2) is 47.0 Å². The topological polar surface area (TPSA) is 60.9 Å². The first kappa shape index (κ1) is 15.8. The summed E-state index contributed by atoms with van der Waals surface area (Å²) in [5.74, 6) is -0.442. The van der Waals surface area contributed by atoms with Crippen LogP contribution in [0.1, 0.15) is 30.6 Å². The predicted octanol–water partition coefficient (Wildman–Crippen LogP) is 2.88. The highest BCUT2D eigenvalue weighted by molar-refractivity contribution is 7.09. The first-order valence-electron chi connectivity index (χ1n) is 7.30. The van der Waals surface area contributed by atoms with Gasteiger partial charge in [-0.3, -0.25) is 4.79 Å². The Kier molecular flexibility index (Phi) is 5.61. The molecule has 6 heteroatoms. The minimum absolute atomic E-state index is 0.0448. The predicted molar refractivity (Wildman–Crippen MR) is 82.3 cm³/mol. The molecule has 21 heavy (non-hydrogen) atoms. The smallest absolute Gasteiger partial charge is 0.320 e. The minimum atomic E-state index is -0.756. The Labute approximate surface area is 129 Å². The van der Waals surface area contributed by atoms with Gasteiger partial charge in [-0.1, -0.05) is 6.07 Å². The second-order valence-electron chi connectivity index (χ2n) is 5.60. The van der Waals surface area contributed by atoms with Crippen LogP contribution in [0.5, 0.6) is 0 Å². The number of thiophene rings is 1. The summed E-state index contributed by atoms with van der Waals surface area (Å²) in [6, 6.07) is 4.06. The number of carbonyl (C=O) groups is 2. The fourth-order valence-corrected chi connectivity index (χ4v) is 3.50. The molecule has 1 aromatic rings. The molecule has 1 aliphatic rings. The summed E-state index contributed by atoms with van der Waals surface area (Å²) in [5, 5.41) is 10.8. The molecule has 0 bridgehead atoms. The highest BCUT2D eigenvalue weighted by atomic mass is 32.1. The summed E-state index contributed by atoms with van der Waals surface area (Å²) < 4.78 is 0. The van der Waals surface area contributed by atoms with Gasteiger partial charge in [0.05, 0.1) is 6.54 Å². The van der Waals surface area contributed by atoms with Crippen molar-refractivity contribution in [2.24, 2.45) is 5.92 Å². The van der Waals surface area contributed by atoms with Crippen molar-refractivity contribution < 1.29 is 14.7 Å². The Morgan fingerprint density at radius 1 is 1.52 bits per heavy atom. The zero-order valence-corrected chi connectivity index (χ0v) is 13.1. The van der Waals surface area contributed by atoms with Crippen molar-refractivity contribution in [3.05, 3.63) is 22.4 Å². The molecule has 1 atom stereocenters. The van der Waals surface area contributed by atoms with Gasteiger partial charge in [-0.15, -0.1) is 11.3 Å². The zero-order valence-electron chi connectivity index (χ0n) is 12.3. The lowest BCUT2D eigenvalue weighted by molar-refractivity contribution is -0.137. The van der Waals surface area contributed by atoms with Gasteiger partial charge in [0.2, 0.25) is 0 Å². The maximum atomic E-state index is 12.4. The van der Waals surface area contributed by atoms with Crippen LogP contribution in [0, 0.1) is 5.92 Å². The van der Waals surface area contributed by atoms with Crippen molar-refractivity contribution >= 4 is 23.3 Å². The number of hydrogen-bond donors (Lipinski definition) is 1. The van der Waals surface area contributed by atoms with Gasteiger partial charge < -0.3 is 14.9 Å². The quantitative estimate of drug-likeness (QED) is 0.909. The number of amides is 2. The van der Waals surface area contributed by atoms with Crippen molar-refractivity contribution in [1.29, 1.82) is 0 Å². The van der Waals surface area contributed by atoms with Gasteiger partial charge >= 0.3 is 12.0 Å². The molecule has 1 N–H and O–H groups in total. The molecular formula is C15H22N2O3S. The molecule has 1 fully saturated rings. The minimum Gasteiger partial charge on any atom is -0.481 e. The molecule has 116 valence electrons. The summed E-state index contributed by atoms with van der Waals surface area (Å²) in [5.41, 5.74) is 0. The molecule has 2 rings (SSSR count). The average molecular weight is 310 g/mol. The van der Waals surface area contributed by atoms with Crippen molar-refractivity contribution in [3.8, 4) is 0 Å². The van der Waals surface area contributed by atoms with Gasteiger partial charge in [0, 0.05) is 31.4 Å². The lowest BCUT2D eigenvalue weighted by Crippen LogP contribution is -2.46. The maximum Gasteiger partial charge on any atom is 0.320 e. The van der Waals surface area contributed by atoms with Crippen molar-refractivity contribution in [3.63, 3.8) is 0 Å². The van der Waals surface area contributed by atoms with Crippen LogP contribution in [-0.2, 0) is 11.3 Å². The number of likely N-dealkylation sites (tertiary alicyclic amines) is 1. The summed E-state index contributed by atoms with van der Waals surface area (Å²) in [7, 11) is 1.82. The van der Waals surface area contributed by atoms with Crippen LogP contribution >= 0.6 is 11.3 Å². The van der Waals surface area contributed by atoms with E-state index in [0.717, 1.165) is 19.4 Å². The van der Waals surface area contributed by atoms with Crippen LogP contribution < -0.4 is 0 Å². The van der Waals surface area contributed by atoms with Crippen LogP contribution in [0.25, 0.3) is 0 Å². The van der Waals surface area contributed by atoms with E-state index in [-0.39, 0.29) is 12.5 Å². The van der Waals surface area contributed by atoms with E-state index in [1.165, 1.54) is 4.88 Å². The van der Waals surface area contributed by atoms with Gasteiger partial charge in [-0.25, -0.2) is 4.79 Å². The van der Waals surface area contributed by atoms with Crippen LogP contribution in [0.15, 0.2) is 17.5 Å². The highest BCUT2D eigenvalue weighted by Gasteiger charge is 2.26. The average Bonchev–Trinajstić information content (AvgIpc) is 2.97. The number of carbonyl (C=O) groups excluding carboxylic acids is 1. The van der Waals surface area contributed by atoms with E-state index in [1.807, 2.05) is 29.5 Å². The third-order valence-electron chi connectivity index (χ3n) is 3.86. The maximum absolute atomic E-state index is 12.4. The second-order valence-corrected chi connectivity index (χ2v) is 6.64. The van der Waals surface area contributed by atoms with Crippen molar-refractivity contribution in [2.45, 2.75) is 32.2 Å². The first-order valence-corrected chi connectivity index (χ1v) is 8.18. The molecule has 0 aliphatic carbocycles. The van der Waals surface area contributed by atoms with Crippen molar-refractivity contribution in [2.75, 3.05) is 20.1 Å². The Morgan fingerprint density at radius 2 is 2.33 bits per heavy atom. The summed E-state index contributed by atoms with van der Waals surface area (Å²) >= 11 is 1.65. The molecular weight excluding hydrogens is 288 g/mol. The molecule has 2 heterocycles. The first-order chi connectivity index (χ1) is 10.1. The molecule has 1 aliphatic heterocycles. The van der Waals surface area contributed by atoms with E-state index < -0.39 is 5.97 Å². The Bertz CT molecular complexity index is 475. The van der Waals surface area contributed by atoms with Crippen molar-refractivity contribution in [1.82, 2.24) is 9.80 Å². The van der Waals surface area contributed by atoms with Gasteiger partial charge in [-0.2, -0.15) is 0 Å². The van der Waals surface area contributed by atoms with E-state index >= 15 is 0 Å². The molecule has 0 spiro atoms. The fraction of sp³-hybridized carbons (Fsp3) is 0.600. The van der Waals surface area contributed by atoms with E-state index in [2.05, 4.69) is 0 Å². The van der Waals surface area contributed by atoms with E-state index in [4.69, 9.17) is 5.11 Å². The molecule has 1 aromatic heterocycles. The number of piperidine rings is 1. The van der Waals surface area contributed by atoms with E-state index in [0.29, 0.717) is 25.4 Å². The Balaban J connectivity index is 1.84. The molecule has 0 radical (unpaired) electrons. The molecule has 1 unspecified atom stereocenters. The lowest BCUT2D eigenvalue weighted by Gasteiger charge is -2.35. The Hall–Kier alpha value is -1.56. The van der Waals surface area contributed by atoms with E-state index in [1.54, 1.807) is 16.2 Å². The SMILES string of the molecule is CN(Cc1cccs1)C(=O)N1CCCC(CCC(=O)O)C1. The number of carboxylic acid groups (broad SMARTS) is 1. The van der Waals surface area contributed by atoms with Crippen LogP contribution in [0.4, 0.5) is 4.79 Å². The van der Waals surface area contributed by atoms with Crippen LogP contribution in [0.3, 0.4) is 0 Å². The molecule has 0 aromatic carbocycles. The van der Waals surface area contributed by atoms with Gasteiger partial charge in [0.1, 0.15) is 0 Å². The summed E-state index contributed by atoms with van der Waals surface area (Å²) in [6.07, 6.45) is 2.83. The largest absolute Gasteiger partial charge is 0.481 e. The monoisotopic (exact) mass is 310 g/mol. The van der Waals surface area contributed by atoms with Gasteiger partial charge in [-0.05, 0) is 36.6 Å². The molecule has 1 saturated heterocycles. The second kappa shape index (κ2) is 7.45. The van der Waals surface area contributed by atoms with Crippen LogP contribution in [0.2, 0.25) is 0 Å². The highest BCUT2D eigenvalue weighted by Crippen LogP contribution is 2.22. The molecule has 2 amide bonds. The number of rotatable bonds is 5. The summed E-state index contributed by atoms with van der Waals surface area (Å²) in [4.78, 5) is 27.9.